The third-order valence-corrected chi connectivity index (χ3v) is 4.37. The Morgan fingerprint density at radius 2 is 1.94 bits per heavy atom. The second-order valence-electron chi connectivity index (χ2n) is 5.10. The lowest BCUT2D eigenvalue weighted by atomic mass is 10.3. The number of nitrogens with one attached hydrogen (secondary N) is 1. The molecule has 1 aromatic rings. The van der Waals surface area contributed by atoms with E-state index in [0.717, 1.165) is 54.7 Å². The van der Waals surface area contributed by atoms with Crippen LogP contribution in [0.15, 0.2) is 16.5 Å². The Bertz CT molecular complexity index is 356. The molecule has 18 heavy (non-hydrogen) atoms. The van der Waals surface area contributed by atoms with E-state index in [2.05, 4.69) is 54.9 Å². The van der Waals surface area contributed by atoms with Gasteiger partial charge in [0.2, 0.25) is 0 Å². The summed E-state index contributed by atoms with van der Waals surface area (Å²) in [6.45, 7) is 11.8. The number of furan rings is 1. The first-order valence-electron chi connectivity index (χ1n) is 6.83. The highest BCUT2D eigenvalue weighted by Crippen LogP contribution is 2.25. The van der Waals surface area contributed by atoms with Gasteiger partial charge < -0.3 is 9.73 Å². The van der Waals surface area contributed by atoms with Crippen molar-refractivity contribution < 1.29 is 4.42 Å². The Balaban J connectivity index is 1.86. The molecular formula is C14H24N2OS. The summed E-state index contributed by atoms with van der Waals surface area (Å²) in [5.41, 5.74) is 0. The third kappa shape index (κ3) is 4.04. The molecule has 102 valence electrons. The first kappa shape index (κ1) is 14.0. The van der Waals surface area contributed by atoms with Crippen LogP contribution < -0.4 is 5.32 Å². The molecule has 4 heteroatoms. The highest BCUT2D eigenvalue weighted by atomic mass is 32.2. The molecule has 2 unspecified atom stereocenters. The maximum absolute atomic E-state index is 5.85. The Kier molecular flexibility index (Phi) is 5.15. The molecule has 1 saturated heterocycles. The lowest BCUT2D eigenvalue weighted by Crippen LogP contribution is -2.39. The van der Waals surface area contributed by atoms with Gasteiger partial charge in [-0.3, -0.25) is 4.90 Å². The predicted molar refractivity (Wildman–Crippen MR) is 77.9 cm³/mol. The van der Waals surface area contributed by atoms with E-state index in [1.165, 1.54) is 0 Å². The minimum absolute atomic E-state index is 0.727. The van der Waals surface area contributed by atoms with Crippen molar-refractivity contribution >= 4 is 11.8 Å². The van der Waals surface area contributed by atoms with Crippen molar-refractivity contribution in [1.29, 1.82) is 0 Å². The Morgan fingerprint density at radius 3 is 2.61 bits per heavy atom. The minimum atomic E-state index is 0.727. The lowest BCUT2D eigenvalue weighted by Gasteiger charge is -2.33. The van der Waals surface area contributed by atoms with Gasteiger partial charge in [0.15, 0.2) is 0 Å². The number of rotatable bonds is 5. The predicted octanol–water partition coefficient (Wildman–Crippen LogP) is 2.71. The zero-order valence-electron chi connectivity index (χ0n) is 11.6. The molecule has 1 aliphatic rings. The van der Waals surface area contributed by atoms with E-state index in [-0.39, 0.29) is 0 Å². The summed E-state index contributed by atoms with van der Waals surface area (Å²) in [5.74, 6) is 2.13. The average Bonchev–Trinajstić information content (AvgIpc) is 2.72. The summed E-state index contributed by atoms with van der Waals surface area (Å²) >= 11 is 2.09. The van der Waals surface area contributed by atoms with Crippen molar-refractivity contribution in [3.05, 3.63) is 23.7 Å². The number of thioether (sulfide) groups is 1. The monoisotopic (exact) mass is 268 g/mol. The SMILES string of the molecule is CCNCc1ccc(CN2CC(C)SC(C)C2)o1. The van der Waals surface area contributed by atoms with Crippen LogP contribution in [-0.4, -0.2) is 35.0 Å². The van der Waals surface area contributed by atoms with Crippen molar-refractivity contribution in [3.63, 3.8) is 0 Å². The molecule has 1 aromatic heterocycles. The summed E-state index contributed by atoms with van der Waals surface area (Å²) in [7, 11) is 0. The average molecular weight is 268 g/mol. The summed E-state index contributed by atoms with van der Waals surface area (Å²) < 4.78 is 5.85. The number of hydrogen-bond acceptors (Lipinski definition) is 4. The van der Waals surface area contributed by atoms with Gasteiger partial charge in [-0.25, -0.2) is 0 Å². The minimum Gasteiger partial charge on any atom is -0.463 e. The maximum atomic E-state index is 5.85. The largest absolute Gasteiger partial charge is 0.463 e. The molecule has 3 nitrogen and oxygen atoms in total. The Labute approximate surface area is 114 Å². The van der Waals surface area contributed by atoms with Gasteiger partial charge in [-0.2, -0.15) is 11.8 Å². The highest BCUT2D eigenvalue weighted by molar-refractivity contribution is 8.00. The fourth-order valence-corrected chi connectivity index (χ4v) is 3.87. The summed E-state index contributed by atoms with van der Waals surface area (Å²) in [5, 5.41) is 4.74. The van der Waals surface area contributed by atoms with Crippen molar-refractivity contribution in [3.8, 4) is 0 Å². The van der Waals surface area contributed by atoms with E-state index in [1.807, 2.05) is 0 Å². The normalized spacial score (nSPS) is 25.5. The van der Waals surface area contributed by atoms with Crippen LogP contribution in [0.25, 0.3) is 0 Å². The van der Waals surface area contributed by atoms with Crippen LogP contribution in [0.2, 0.25) is 0 Å². The van der Waals surface area contributed by atoms with E-state index in [4.69, 9.17) is 4.42 Å². The Hall–Kier alpha value is -0.450. The van der Waals surface area contributed by atoms with Gasteiger partial charge >= 0.3 is 0 Å². The molecule has 0 saturated carbocycles. The first-order chi connectivity index (χ1) is 8.67. The van der Waals surface area contributed by atoms with Crippen LogP contribution in [0, 0.1) is 0 Å². The van der Waals surface area contributed by atoms with E-state index in [1.54, 1.807) is 0 Å². The zero-order chi connectivity index (χ0) is 13.0. The number of hydrogen-bond donors (Lipinski definition) is 1. The van der Waals surface area contributed by atoms with Crippen LogP contribution in [0.4, 0.5) is 0 Å². The van der Waals surface area contributed by atoms with Crippen molar-refractivity contribution in [1.82, 2.24) is 10.2 Å². The third-order valence-electron chi connectivity index (χ3n) is 3.14. The molecule has 0 aliphatic carbocycles. The van der Waals surface area contributed by atoms with Crippen LogP contribution in [0.5, 0.6) is 0 Å². The second kappa shape index (κ2) is 6.64. The van der Waals surface area contributed by atoms with Crippen molar-refractivity contribution in [2.45, 2.75) is 44.4 Å². The quantitative estimate of drug-likeness (QED) is 0.889. The van der Waals surface area contributed by atoms with Crippen LogP contribution in [-0.2, 0) is 13.1 Å². The van der Waals surface area contributed by atoms with Crippen LogP contribution in [0.1, 0.15) is 32.3 Å². The standard InChI is InChI=1S/C14H24N2OS/c1-4-15-7-13-5-6-14(17-13)10-16-8-11(2)18-12(3)9-16/h5-6,11-12,15H,4,7-10H2,1-3H3. The fraction of sp³-hybridized carbons (Fsp3) is 0.714. The highest BCUT2D eigenvalue weighted by Gasteiger charge is 2.22. The topological polar surface area (TPSA) is 28.4 Å². The maximum Gasteiger partial charge on any atom is 0.118 e. The fourth-order valence-electron chi connectivity index (χ4n) is 2.48. The van der Waals surface area contributed by atoms with Gasteiger partial charge in [0.05, 0.1) is 13.1 Å². The van der Waals surface area contributed by atoms with Gasteiger partial charge in [0.1, 0.15) is 11.5 Å². The van der Waals surface area contributed by atoms with E-state index in [9.17, 15) is 0 Å². The molecular weight excluding hydrogens is 244 g/mol. The molecule has 1 aliphatic heterocycles. The van der Waals surface area contributed by atoms with Crippen molar-refractivity contribution in [2.75, 3.05) is 19.6 Å². The zero-order valence-corrected chi connectivity index (χ0v) is 12.4. The van der Waals surface area contributed by atoms with Gasteiger partial charge in [-0.1, -0.05) is 20.8 Å². The van der Waals surface area contributed by atoms with E-state index >= 15 is 0 Å². The first-order valence-corrected chi connectivity index (χ1v) is 7.77. The van der Waals surface area contributed by atoms with Crippen molar-refractivity contribution in [2.24, 2.45) is 0 Å². The molecule has 0 spiro atoms. The molecule has 0 amide bonds. The summed E-state index contributed by atoms with van der Waals surface area (Å²) in [6, 6.07) is 4.20. The molecule has 1 fully saturated rings. The molecule has 1 N–H and O–H groups in total. The van der Waals surface area contributed by atoms with E-state index < -0.39 is 0 Å². The second-order valence-corrected chi connectivity index (χ2v) is 6.98. The molecule has 2 heterocycles. The molecule has 0 aromatic carbocycles. The van der Waals surface area contributed by atoms with Gasteiger partial charge in [-0.15, -0.1) is 0 Å². The van der Waals surface area contributed by atoms with Gasteiger partial charge in [-0.05, 0) is 18.7 Å². The van der Waals surface area contributed by atoms with Crippen LogP contribution >= 0.6 is 11.8 Å². The molecule has 0 bridgehead atoms. The summed E-state index contributed by atoms with van der Waals surface area (Å²) in [6.07, 6.45) is 0. The van der Waals surface area contributed by atoms with E-state index in [0.29, 0.717) is 0 Å². The Morgan fingerprint density at radius 1 is 1.28 bits per heavy atom. The van der Waals surface area contributed by atoms with Crippen LogP contribution in [0.3, 0.4) is 0 Å². The molecule has 0 radical (unpaired) electrons. The summed E-state index contributed by atoms with van der Waals surface area (Å²) in [4.78, 5) is 2.50. The molecule has 2 rings (SSSR count). The van der Waals surface area contributed by atoms with Gasteiger partial charge in [0, 0.05) is 23.6 Å². The number of nitrogens with zero attached hydrogens (tertiary/aromatic N) is 1. The molecule has 2 atom stereocenters. The smallest absolute Gasteiger partial charge is 0.118 e. The van der Waals surface area contributed by atoms with Gasteiger partial charge in [0.25, 0.3) is 0 Å². The lowest BCUT2D eigenvalue weighted by molar-refractivity contribution is 0.238.